The van der Waals surface area contributed by atoms with Crippen LogP contribution in [0.25, 0.3) is 0 Å². The first-order valence-corrected chi connectivity index (χ1v) is 9.93. The number of piperazine rings is 1. The molecule has 0 radical (unpaired) electrons. The molecule has 3 rings (SSSR count). The Morgan fingerprint density at radius 3 is 2.64 bits per heavy atom. The monoisotopic (exact) mass is 358 g/mol. The first-order valence-electron chi connectivity index (χ1n) is 8.71. The van der Waals surface area contributed by atoms with Crippen LogP contribution in [0, 0.1) is 11.3 Å². The van der Waals surface area contributed by atoms with E-state index in [9.17, 15) is 5.26 Å². The van der Waals surface area contributed by atoms with E-state index in [0.29, 0.717) is 6.61 Å². The minimum atomic E-state index is -0.241. The number of nitrogens with zero attached hydrogens (tertiary/aromatic N) is 4. The molecule has 3 heterocycles. The second-order valence-electron chi connectivity index (χ2n) is 7.19. The maximum atomic E-state index is 9.70. The number of hydrogen-bond donors (Lipinski definition) is 0. The van der Waals surface area contributed by atoms with Gasteiger partial charge in [-0.2, -0.15) is 5.26 Å². The number of pyridine rings is 1. The number of rotatable bonds is 4. The topological polar surface area (TPSA) is 52.4 Å². The number of ether oxygens (including phenoxy) is 1. The van der Waals surface area contributed by atoms with E-state index in [1.165, 1.54) is 0 Å². The Balaban J connectivity index is 1.98. The van der Waals surface area contributed by atoms with Gasteiger partial charge in [0.15, 0.2) is 0 Å². The van der Waals surface area contributed by atoms with E-state index in [1.807, 2.05) is 12.3 Å². The SMILES string of the molecule is C=CCN1CCN(c2nc(SC)c(C#N)c3c2COC(C)(C)C3)CC1. The molecule has 1 aromatic rings. The van der Waals surface area contributed by atoms with Crippen LogP contribution >= 0.6 is 11.8 Å². The van der Waals surface area contributed by atoms with Gasteiger partial charge in [0.2, 0.25) is 0 Å². The van der Waals surface area contributed by atoms with Crippen molar-refractivity contribution in [1.29, 1.82) is 5.26 Å². The average Bonchev–Trinajstić information content (AvgIpc) is 2.60. The number of anilines is 1. The van der Waals surface area contributed by atoms with Gasteiger partial charge in [0.05, 0.1) is 17.8 Å². The summed E-state index contributed by atoms with van der Waals surface area (Å²) in [5.41, 5.74) is 2.72. The summed E-state index contributed by atoms with van der Waals surface area (Å²) in [4.78, 5) is 9.61. The van der Waals surface area contributed by atoms with Gasteiger partial charge in [-0.05, 0) is 25.7 Å². The molecule has 0 aliphatic carbocycles. The first-order chi connectivity index (χ1) is 12.0. The molecule has 25 heavy (non-hydrogen) atoms. The Kier molecular flexibility index (Phi) is 5.38. The highest BCUT2D eigenvalue weighted by Gasteiger charge is 2.33. The summed E-state index contributed by atoms with van der Waals surface area (Å²) >= 11 is 1.56. The number of thioether (sulfide) groups is 1. The zero-order chi connectivity index (χ0) is 18.0. The van der Waals surface area contributed by atoms with Crippen LogP contribution in [0.2, 0.25) is 0 Å². The van der Waals surface area contributed by atoms with Crippen molar-refractivity contribution in [2.75, 3.05) is 43.9 Å². The van der Waals surface area contributed by atoms with E-state index in [0.717, 1.165) is 66.7 Å². The fraction of sp³-hybridized carbons (Fsp3) is 0.579. The fourth-order valence-corrected chi connectivity index (χ4v) is 4.13. The van der Waals surface area contributed by atoms with Crippen LogP contribution in [0.4, 0.5) is 5.82 Å². The normalized spacial score (nSPS) is 20.0. The van der Waals surface area contributed by atoms with Crippen LogP contribution in [0.5, 0.6) is 0 Å². The molecule has 1 saturated heterocycles. The molecule has 0 atom stereocenters. The van der Waals surface area contributed by atoms with Crippen molar-refractivity contribution < 1.29 is 4.74 Å². The van der Waals surface area contributed by atoms with Gasteiger partial charge in [0.1, 0.15) is 16.9 Å². The molecule has 134 valence electrons. The maximum Gasteiger partial charge on any atom is 0.135 e. The van der Waals surface area contributed by atoms with Crippen LogP contribution in [-0.4, -0.2) is 54.5 Å². The van der Waals surface area contributed by atoms with Crippen LogP contribution in [-0.2, 0) is 17.8 Å². The summed E-state index contributed by atoms with van der Waals surface area (Å²) in [5, 5.41) is 10.5. The molecule has 2 aliphatic heterocycles. The van der Waals surface area contributed by atoms with Gasteiger partial charge >= 0.3 is 0 Å². The average molecular weight is 359 g/mol. The third kappa shape index (κ3) is 3.69. The lowest BCUT2D eigenvalue weighted by Crippen LogP contribution is -2.47. The van der Waals surface area contributed by atoms with Gasteiger partial charge in [0.25, 0.3) is 0 Å². The Bertz CT molecular complexity index is 702. The third-order valence-corrected chi connectivity index (χ3v) is 5.61. The lowest BCUT2D eigenvalue weighted by molar-refractivity contribution is -0.0402. The van der Waals surface area contributed by atoms with E-state index in [-0.39, 0.29) is 5.60 Å². The second kappa shape index (κ2) is 7.36. The molecular weight excluding hydrogens is 332 g/mol. The Hall–Kier alpha value is -1.55. The first kappa shape index (κ1) is 18.2. The zero-order valence-corrected chi connectivity index (χ0v) is 16.2. The summed E-state index contributed by atoms with van der Waals surface area (Å²) in [6.07, 6.45) is 4.70. The summed E-state index contributed by atoms with van der Waals surface area (Å²) in [7, 11) is 0. The molecule has 0 saturated carbocycles. The predicted octanol–water partition coefficient (Wildman–Crippen LogP) is 2.83. The van der Waals surface area contributed by atoms with Crippen LogP contribution in [0.15, 0.2) is 17.7 Å². The standard InChI is InChI=1S/C19H26N4OS/c1-5-6-22-7-9-23(10-8-22)17-16-13-24-19(2,3)11-14(16)15(12-20)18(21-17)25-4/h5H,1,6-11,13H2,2-4H3. The Morgan fingerprint density at radius 1 is 1.32 bits per heavy atom. The smallest absolute Gasteiger partial charge is 0.135 e. The molecule has 0 bridgehead atoms. The van der Waals surface area contributed by atoms with Crippen molar-refractivity contribution >= 4 is 17.6 Å². The lowest BCUT2D eigenvalue weighted by Gasteiger charge is -2.39. The van der Waals surface area contributed by atoms with Gasteiger partial charge < -0.3 is 9.64 Å². The highest BCUT2D eigenvalue weighted by molar-refractivity contribution is 7.98. The molecule has 0 unspecified atom stereocenters. The zero-order valence-electron chi connectivity index (χ0n) is 15.3. The molecule has 0 amide bonds. The van der Waals surface area contributed by atoms with Crippen LogP contribution in [0.1, 0.15) is 30.5 Å². The fourth-order valence-electron chi connectivity index (χ4n) is 3.57. The summed E-state index contributed by atoms with van der Waals surface area (Å²) in [6, 6.07) is 2.39. The van der Waals surface area contributed by atoms with E-state index in [4.69, 9.17) is 9.72 Å². The van der Waals surface area contributed by atoms with Gasteiger partial charge in [-0.25, -0.2) is 4.98 Å². The van der Waals surface area contributed by atoms with Crippen LogP contribution < -0.4 is 4.90 Å². The summed E-state index contributed by atoms with van der Waals surface area (Å²) < 4.78 is 6.05. The van der Waals surface area contributed by atoms with E-state index < -0.39 is 0 Å². The lowest BCUT2D eigenvalue weighted by atomic mass is 9.89. The van der Waals surface area contributed by atoms with Gasteiger partial charge in [-0.1, -0.05) is 6.08 Å². The molecule has 5 nitrogen and oxygen atoms in total. The van der Waals surface area contributed by atoms with E-state index >= 15 is 0 Å². The van der Waals surface area contributed by atoms with Crippen LogP contribution in [0.3, 0.4) is 0 Å². The highest BCUT2D eigenvalue weighted by atomic mass is 32.2. The Labute approximate surface area is 154 Å². The van der Waals surface area contributed by atoms with Gasteiger partial charge in [-0.15, -0.1) is 18.3 Å². The van der Waals surface area contributed by atoms with Crippen molar-refractivity contribution in [3.8, 4) is 6.07 Å². The van der Waals surface area contributed by atoms with Crippen molar-refractivity contribution in [1.82, 2.24) is 9.88 Å². The third-order valence-electron chi connectivity index (χ3n) is 4.93. The molecule has 1 aromatic heterocycles. The molecule has 1 fully saturated rings. The number of aromatic nitrogens is 1. The number of fused-ring (bicyclic) bond motifs is 1. The molecule has 2 aliphatic rings. The second-order valence-corrected chi connectivity index (χ2v) is 7.99. The number of hydrogen-bond acceptors (Lipinski definition) is 6. The van der Waals surface area contributed by atoms with Crippen molar-refractivity contribution in [2.45, 2.75) is 37.5 Å². The maximum absolute atomic E-state index is 9.70. The molecular formula is C19H26N4OS. The molecule has 0 N–H and O–H groups in total. The highest BCUT2D eigenvalue weighted by Crippen LogP contribution is 2.38. The van der Waals surface area contributed by atoms with Crippen molar-refractivity contribution in [2.24, 2.45) is 0 Å². The van der Waals surface area contributed by atoms with Gasteiger partial charge in [0, 0.05) is 44.7 Å². The predicted molar refractivity (Wildman–Crippen MR) is 102 cm³/mol. The summed E-state index contributed by atoms with van der Waals surface area (Å²) in [6.45, 7) is 13.3. The largest absolute Gasteiger partial charge is 0.370 e. The van der Waals surface area contributed by atoms with E-state index in [1.54, 1.807) is 11.8 Å². The number of nitriles is 1. The summed E-state index contributed by atoms with van der Waals surface area (Å²) in [5.74, 6) is 1.01. The minimum absolute atomic E-state index is 0.241. The van der Waals surface area contributed by atoms with Crippen molar-refractivity contribution in [3.05, 3.63) is 29.3 Å². The molecule has 0 aromatic carbocycles. The quantitative estimate of drug-likeness (QED) is 0.609. The van der Waals surface area contributed by atoms with E-state index in [2.05, 4.69) is 36.3 Å². The minimum Gasteiger partial charge on any atom is -0.370 e. The van der Waals surface area contributed by atoms with Crippen molar-refractivity contribution in [3.63, 3.8) is 0 Å². The Morgan fingerprint density at radius 2 is 2.04 bits per heavy atom. The van der Waals surface area contributed by atoms with Gasteiger partial charge in [-0.3, -0.25) is 4.90 Å². The molecule has 6 heteroatoms. The molecule has 0 spiro atoms.